The fourth-order valence-corrected chi connectivity index (χ4v) is 2.55. The number of phenols is 2. The Morgan fingerprint density at radius 3 is 2.75 bits per heavy atom. The van der Waals surface area contributed by atoms with Gasteiger partial charge < -0.3 is 19.7 Å². The molecule has 6 heteroatoms. The summed E-state index contributed by atoms with van der Waals surface area (Å²) in [6.45, 7) is 0. The van der Waals surface area contributed by atoms with Crippen LogP contribution in [0.25, 0.3) is 6.08 Å². The van der Waals surface area contributed by atoms with Gasteiger partial charge in [-0.05, 0) is 35.9 Å². The second-order valence-corrected chi connectivity index (χ2v) is 4.88. The number of furan rings is 1. The third-order valence-electron chi connectivity index (χ3n) is 2.48. The van der Waals surface area contributed by atoms with E-state index in [1.807, 2.05) is 0 Å². The molecule has 0 spiro atoms. The molecular weight excluding hydrogens is 280 g/mol. The van der Waals surface area contributed by atoms with Crippen LogP contribution in [-0.4, -0.2) is 21.3 Å². The quantitative estimate of drug-likeness (QED) is 0.445. The molecule has 0 radical (unpaired) electrons. The van der Waals surface area contributed by atoms with E-state index in [4.69, 9.17) is 9.52 Å². The highest BCUT2D eigenvalue weighted by Gasteiger charge is 2.12. The highest BCUT2D eigenvalue weighted by atomic mass is 32.2. The lowest BCUT2D eigenvalue weighted by atomic mass is 10.2. The van der Waals surface area contributed by atoms with Crippen molar-refractivity contribution in [2.24, 2.45) is 0 Å². The second kappa shape index (κ2) is 6.21. The van der Waals surface area contributed by atoms with E-state index in [0.29, 0.717) is 22.0 Å². The van der Waals surface area contributed by atoms with Crippen molar-refractivity contribution in [2.75, 3.05) is 0 Å². The predicted molar refractivity (Wildman–Crippen MR) is 74.7 cm³/mol. The highest BCUT2D eigenvalue weighted by Crippen LogP contribution is 2.40. The molecule has 104 valence electrons. The minimum atomic E-state index is -1.08. The first kappa shape index (κ1) is 14.1. The molecule has 0 aliphatic rings. The van der Waals surface area contributed by atoms with E-state index in [1.165, 1.54) is 23.9 Å². The fourth-order valence-electron chi connectivity index (χ4n) is 1.56. The summed E-state index contributed by atoms with van der Waals surface area (Å²) in [5.41, 5.74) is 0.513. The average molecular weight is 292 g/mol. The molecule has 0 aliphatic heterocycles. The lowest BCUT2D eigenvalue weighted by Crippen LogP contribution is -1.88. The van der Waals surface area contributed by atoms with E-state index in [1.54, 1.807) is 24.5 Å². The van der Waals surface area contributed by atoms with E-state index >= 15 is 0 Å². The largest absolute Gasteiger partial charge is 0.504 e. The molecule has 0 amide bonds. The fraction of sp³-hybridized carbons (Fsp3) is 0.0714. The third-order valence-corrected chi connectivity index (χ3v) is 3.63. The number of phenolic OH excluding ortho intramolecular Hbond substituents is 2. The number of carbonyl (C=O) groups is 1. The number of aliphatic carboxylic acids is 1. The first-order valence-corrected chi connectivity index (χ1v) is 6.67. The highest BCUT2D eigenvalue weighted by molar-refractivity contribution is 7.98. The summed E-state index contributed by atoms with van der Waals surface area (Å²) in [4.78, 5) is 11.0. The van der Waals surface area contributed by atoms with Gasteiger partial charge in [0.1, 0.15) is 5.76 Å². The molecular formula is C14H12O5S. The molecule has 3 N–H and O–H groups in total. The zero-order valence-electron chi connectivity index (χ0n) is 10.3. The number of carboxylic acid groups (broad SMARTS) is 1. The summed E-state index contributed by atoms with van der Waals surface area (Å²) in [7, 11) is 0. The first-order valence-electron chi connectivity index (χ1n) is 5.69. The lowest BCUT2D eigenvalue weighted by molar-refractivity contribution is -0.131. The monoisotopic (exact) mass is 292 g/mol. The van der Waals surface area contributed by atoms with Gasteiger partial charge in [-0.15, -0.1) is 11.8 Å². The standard InChI is InChI=1S/C14H12O5S/c15-11-5-3-9(4-6-12(16)17)14(13(11)18)20-8-10-2-1-7-19-10/h1-7,15,18H,8H2,(H,16,17). The molecule has 2 rings (SSSR count). The maximum atomic E-state index is 10.6. The van der Waals surface area contributed by atoms with Crippen molar-refractivity contribution < 1.29 is 24.5 Å². The van der Waals surface area contributed by atoms with Gasteiger partial charge in [0.15, 0.2) is 11.5 Å². The van der Waals surface area contributed by atoms with Crippen molar-refractivity contribution in [3.05, 3.63) is 47.9 Å². The molecule has 0 bridgehead atoms. The lowest BCUT2D eigenvalue weighted by Gasteiger charge is -2.09. The summed E-state index contributed by atoms with van der Waals surface area (Å²) in [6.07, 6.45) is 3.89. The van der Waals surface area contributed by atoms with Crippen molar-refractivity contribution in [1.82, 2.24) is 0 Å². The van der Waals surface area contributed by atoms with Crippen LogP contribution in [0.15, 0.2) is 45.9 Å². The Labute approximate surface area is 119 Å². The second-order valence-electron chi connectivity index (χ2n) is 3.89. The zero-order chi connectivity index (χ0) is 14.5. The van der Waals surface area contributed by atoms with Gasteiger partial charge >= 0.3 is 5.97 Å². The number of carboxylic acids is 1. The van der Waals surface area contributed by atoms with E-state index in [9.17, 15) is 15.0 Å². The minimum absolute atomic E-state index is 0.251. The zero-order valence-corrected chi connectivity index (χ0v) is 11.1. The van der Waals surface area contributed by atoms with Gasteiger partial charge in [-0.25, -0.2) is 4.79 Å². The maximum Gasteiger partial charge on any atom is 0.328 e. The van der Waals surface area contributed by atoms with Crippen LogP contribution < -0.4 is 0 Å². The summed E-state index contributed by atoms with van der Waals surface area (Å²) in [6, 6.07) is 6.40. The van der Waals surface area contributed by atoms with Gasteiger partial charge in [0.2, 0.25) is 0 Å². The normalized spacial score (nSPS) is 11.0. The van der Waals surface area contributed by atoms with Crippen LogP contribution >= 0.6 is 11.8 Å². The minimum Gasteiger partial charge on any atom is -0.504 e. The number of thioether (sulfide) groups is 1. The van der Waals surface area contributed by atoms with Gasteiger partial charge in [0, 0.05) is 6.08 Å². The molecule has 20 heavy (non-hydrogen) atoms. The van der Waals surface area contributed by atoms with Crippen molar-refractivity contribution in [1.29, 1.82) is 0 Å². The molecule has 0 atom stereocenters. The molecule has 0 fully saturated rings. The predicted octanol–water partition coefficient (Wildman–Crippen LogP) is 3.08. The van der Waals surface area contributed by atoms with Crippen LogP contribution in [0.1, 0.15) is 11.3 Å². The number of hydrogen-bond acceptors (Lipinski definition) is 5. The molecule has 5 nitrogen and oxygen atoms in total. The van der Waals surface area contributed by atoms with Gasteiger partial charge in [0.05, 0.1) is 16.9 Å². The Morgan fingerprint density at radius 1 is 1.30 bits per heavy atom. The molecule has 2 aromatic rings. The van der Waals surface area contributed by atoms with E-state index in [2.05, 4.69) is 0 Å². The smallest absolute Gasteiger partial charge is 0.328 e. The average Bonchev–Trinajstić information content (AvgIpc) is 2.92. The van der Waals surface area contributed by atoms with Gasteiger partial charge in [-0.2, -0.15) is 0 Å². The van der Waals surface area contributed by atoms with Crippen LogP contribution in [0.5, 0.6) is 11.5 Å². The summed E-state index contributed by atoms with van der Waals surface area (Å²) in [5.74, 6) is -0.434. The molecule has 1 aromatic carbocycles. The van der Waals surface area contributed by atoms with Crippen LogP contribution in [-0.2, 0) is 10.5 Å². The Bertz CT molecular complexity index is 631. The number of hydrogen-bond donors (Lipinski definition) is 3. The Kier molecular flexibility index (Phi) is 4.37. The SMILES string of the molecule is O=C(O)C=Cc1ccc(O)c(O)c1SCc1ccco1. The molecule has 0 saturated carbocycles. The van der Waals surface area contributed by atoms with Crippen LogP contribution in [0, 0.1) is 0 Å². The Balaban J connectivity index is 2.28. The summed E-state index contributed by atoms with van der Waals surface area (Å²) >= 11 is 1.25. The molecule has 0 aliphatic carbocycles. The Morgan fingerprint density at radius 2 is 2.10 bits per heavy atom. The number of benzene rings is 1. The maximum absolute atomic E-state index is 10.6. The molecule has 1 heterocycles. The summed E-state index contributed by atoms with van der Waals surface area (Å²) < 4.78 is 5.19. The summed E-state index contributed by atoms with van der Waals surface area (Å²) in [5, 5.41) is 28.1. The van der Waals surface area contributed by atoms with Crippen LogP contribution in [0.3, 0.4) is 0 Å². The van der Waals surface area contributed by atoms with Gasteiger partial charge in [-0.3, -0.25) is 0 Å². The topological polar surface area (TPSA) is 90.9 Å². The third kappa shape index (κ3) is 3.36. The molecule has 0 unspecified atom stereocenters. The molecule has 1 aromatic heterocycles. The molecule has 0 saturated heterocycles. The van der Waals surface area contributed by atoms with Crippen molar-refractivity contribution >= 4 is 23.8 Å². The van der Waals surface area contributed by atoms with E-state index in [0.717, 1.165) is 6.08 Å². The van der Waals surface area contributed by atoms with E-state index in [-0.39, 0.29) is 11.5 Å². The number of aromatic hydroxyl groups is 2. The van der Waals surface area contributed by atoms with Crippen LogP contribution in [0.4, 0.5) is 0 Å². The van der Waals surface area contributed by atoms with Gasteiger partial charge in [0.25, 0.3) is 0 Å². The van der Waals surface area contributed by atoms with Crippen molar-refractivity contribution in [3.8, 4) is 11.5 Å². The van der Waals surface area contributed by atoms with Gasteiger partial charge in [-0.1, -0.05) is 0 Å². The first-order chi connectivity index (χ1) is 9.58. The van der Waals surface area contributed by atoms with Crippen LogP contribution in [0.2, 0.25) is 0 Å². The van der Waals surface area contributed by atoms with Crippen molar-refractivity contribution in [3.63, 3.8) is 0 Å². The number of rotatable bonds is 5. The Hall–Kier alpha value is -2.34. The van der Waals surface area contributed by atoms with E-state index < -0.39 is 5.97 Å². The van der Waals surface area contributed by atoms with Crippen molar-refractivity contribution in [2.45, 2.75) is 10.6 Å².